The molecule has 0 spiro atoms. The molecule has 1 amide bonds. The smallest absolute Gasteiger partial charge is 0.270 e. The number of hydrogen-bond acceptors (Lipinski definition) is 5. The van der Waals surface area contributed by atoms with Gasteiger partial charge in [-0.1, -0.05) is 29.8 Å². The molecule has 0 aliphatic heterocycles. The Morgan fingerprint density at radius 1 is 1.00 bits per heavy atom. The molecule has 2 aromatic carbocycles. The minimum atomic E-state index is -0.237. The van der Waals surface area contributed by atoms with Crippen molar-refractivity contribution in [3.63, 3.8) is 0 Å². The molecule has 0 saturated heterocycles. The molecule has 3 rings (SSSR count). The van der Waals surface area contributed by atoms with Gasteiger partial charge in [-0.3, -0.25) is 4.79 Å². The van der Waals surface area contributed by atoms with Crippen LogP contribution in [0.3, 0.4) is 0 Å². The lowest BCUT2D eigenvalue weighted by Crippen LogP contribution is -2.24. The topological polar surface area (TPSA) is 76.1 Å². The van der Waals surface area contributed by atoms with Crippen molar-refractivity contribution >= 4 is 17.4 Å². The maximum absolute atomic E-state index is 12.5. The molecule has 0 fully saturated rings. The molecular weight excluding hydrogens is 340 g/mol. The fraction of sp³-hybridized carbons (Fsp3) is 0.190. The van der Waals surface area contributed by atoms with Crippen LogP contribution in [0.2, 0.25) is 0 Å². The van der Waals surface area contributed by atoms with Gasteiger partial charge in [-0.25, -0.2) is 9.97 Å². The normalized spacial score (nSPS) is 10.3. The van der Waals surface area contributed by atoms with Gasteiger partial charge in [-0.05, 0) is 43.7 Å². The van der Waals surface area contributed by atoms with Crippen LogP contribution in [0.25, 0.3) is 0 Å². The standard InChI is InChI=1S/C21H22N4O2/c1-14-4-6-16(7-5-14)13-22-21(26)19-12-20(24-15(2)23-19)25-17-8-10-18(27-3)11-9-17/h4-12H,13H2,1-3H3,(H,22,26)(H,23,24,25). The van der Waals surface area contributed by atoms with Gasteiger partial charge in [-0.2, -0.15) is 0 Å². The number of hydrogen-bond donors (Lipinski definition) is 2. The van der Waals surface area contributed by atoms with Gasteiger partial charge in [0, 0.05) is 18.3 Å². The summed E-state index contributed by atoms with van der Waals surface area (Å²) in [6.07, 6.45) is 0. The lowest BCUT2D eigenvalue weighted by atomic mass is 10.1. The number of aromatic nitrogens is 2. The van der Waals surface area contributed by atoms with E-state index in [1.54, 1.807) is 20.1 Å². The molecule has 0 atom stereocenters. The molecule has 0 bridgehead atoms. The molecule has 6 heteroatoms. The van der Waals surface area contributed by atoms with E-state index < -0.39 is 0 Å². The van der Waals surface area contributed by atoms with E-state index in [9.17, 15) is 4.79 Å². The third-order valence-electron chi connectivity index (χ3n) is 4.01. The van der Waals surface area contributed by atoms with Gasteiger partial charge in [0.25, 0.3) is 5.91 Å². The number of nitrogens with zero attached hydrogens (tertiary/aromatic N) is 2. The number of nitrogens with one attached hydrogen (secondary N) is 2. The first-order valence-electron chi connectivity index (χ1n) is 8.64. The summed E-state index contributed by atoms with van der Waals surface area (Å²) < 4.78 is 5.15. The van der Waals surface area contributed by atoms with E-state index in [0.29, 0.717) is 23.9 Å². The Kier molecular flexibility index (Phi) is 5.66. The highest BCUT2D eigenvalue weighted by molar-refractivity contribution is 5.93. The molecule has 0 saturated carbocycles. The predicted octanol–water partition coefficient (Wildman–Crippen LogP) is 3.78. The minimum absolute atomic E-state index is 0.237. The predicted molar refractivity (Wildman–Crippen MR) is 105 cm³/mol. The highest BCUT2D eigenvalue weighted by Crippen LogP contribution is 2.19. The van der Waals surface area contributed by atoms with Crippen molar-refractivity contribution in [3.05, 3.63) is 77.2 Å². The number of carbonyl (C=O) groups excluding carboxylic acids is 1. The SMILES string of the molecule is COc1ccc(Nc2cc(C(=O)NCc3ccc(C)cc3)nc(C)n2)cc1. The molecular formula is C21H22N4O2. The molecule has 1 aromatic heterocycles. The summed E-state index contributed by atoms with van der Waals surface area (Å²) in [5.74, 6) is 1.62. The van der Waals surface area contributed by atoms with E-state index in [1.165, 1.54) is 5.56 Å². The van der Waals surface area contributed by atoms with Crippen LogP contribution in [-0.4, -0.2) is 23.0 Å². The van der Waals surface area contributed by atoms with Crippen molar-refractivity contribution in [3.8, 4) is 5.75 Å². The van der Waals surface area contributed by atoms with Crippen LogP contribution < -0.4 is 15.4 Å². The van der Waals surface area contributed by atoms with Crippen molar-refractivity contribution in [2.24, 2.45) is 0 Å². The van der Waals surface area contributed by atoms with Crippen LogP contribution in [-0.2, 0) is 6.54 Å². The zero-order chi connectivity index (χ0) is 19.2. The second kappa shape index (κ2) is 8.31. The Morgan fingerprint density at radius 2 is 1.70 bits per heavy atom. The van der Waals surface area contributed by atoms with Crippen LogP contribution in [0, 0.1) is 13.8 Å². The monoisotopic (exact) mass is 362 g/mol. The molecule has 138 valence electrons. The Morgan fingerprint density at radius 3 is 2.37 bits per heavy atom. The van der Waals surface area contributed by atoms with Crippen LogP contribution in [0.1, 0.15) is 27.4 Å². The number of aryl methyl sites for hydroxylation is 2. The Bertz CT molecular complexity index is 922. The number of rotatable bonds is 6. The molecule has 0 aliphatic rings. The molecule has 0 aliphatic carbocycles. The van der Waals surface area contributed by atoms with E-state index in [4.69, 9.17) is 4.74 Å². The quantitative estimate of drug-likeness (QED) is 0.698. The van der Waals surface area contributed by atoms with Crippen molar-refractivity contribution in [1.29, 1.82) is 0 Å². The average Bonchev–Trinajstić information content (AvgIpc) is 2.67. The molecule has 0 radical (unpaired) electrons. The Labute approximate surface area is 158 Å². The second-order valence-electron chi connectivity index (χ2n) is 6.21. The summed E-state index contributed by atoms with van der Waals surface area (Å²) in [5, 5.41) is 6.08. The van der Waals surface area contributed by atoms with Gasteiger partial charge in [0.05, 0.1) is 7.11 Å². The molecule has 6 nitrogen and oxygen atoms in total. The van der Waals surface area contributed by atoms with E-state index in [2.05, 4.69) is 20.6 Å². The first-order chi connectivity index (χ1) is 13.0. The number of anilines is 2. The van der Waals surface area contributed by atoms with Crippen molar-refractivity contribution in [1.82, 2.24) is 15.3 Å². The number of amides is 1. The summed E-state index contributed by atoms with van der Waals surface area (Å²) in [4.78, 5) is 21.1. The highest BCUT2D eigenvalue weighted by atomic mass is 16.5. The number of ether oxygens (including phenoxy) is 1. The third kappa shape index (κ3) is 5.04. The fourth-order valence-electron chi connectivity index (χ4n) is 2.55. The Balaban J connectivity index is 1.69. The van der Waals surface area contributed by atoms with Gasteiger partial charge in [0.2, 0.25) is 0 Å². The maximum atomic E-state index is 12.5. The van der Waals surface area contributed by atoms with Crippen molar-refractivity contribution < 1.29 is 9.53 Å². The van der Waals surface area contributed by atoms with Gasteiger partial charge in [0.15, 0.2) is 0 Å². The second-order valence-corrected chi connectivity index (χ2v) is 6.21. The summed E-state index contributed by atoms with van der Waals surface area (Å²) in [5.41, 5.74) is 3.40. The minimum Gasteiger partial charge on any atom is -0.497 e. The molecule has 3 aromatic rings. The van der Waals surface area contributed by atoms with E-state index >= 15 is 0 Å². The molecule has 27 heavy (non-hydrogen) atoms. The molecule has 0 unspecified atom stereocenters. The highest BCUT2D eigenvalue weighted by Gasteiger charge is 2.11. The van der Waals surface area contributed by atoms with Crippen LogP contribution in [0.5, 0.6) is 5.75 Å². The maximum Gasteiger partial charge on any atom is 0.270 e. The van der Waals surface area contributed by atoms with Gasteiger partial charge < -0.3 is 15.4 Å². The van der Waals surface area contributed by atoms with E-state index in [1.807, 2.05) is 55.5 Å². The third-order valence-corrected chi connectivity index (χ3v) is 4.01. The van der Waals surface area contributed by atoms with Gasteiger partial charge in [0.1, 0.15) is 23.1 Å². The number of benzene rings is 2. The summed E-state index contributed by atoms with van der Waals surface area (Å²) in [6.45, 7) is 4.24. The molecule has 1 heterocycles. The largest absolute Gasteiger partial charge is 0.497 e. The fourth-order valence-corrected chi connectivity index (χ4v) is 2.55. The van der Waals surface area contributed by atoms with Crippen LogP contribution in [0.4, 0.5) is 11.5 Å². The first-order valence-corrected chi connectivity index (χ1v) is 8.64. The summed E-state index contributed by atoms with van der Waals surface area (Å²) in [7, 11) is 1.62. The zero-order valence-corrected chi connectivity index (χ0v) is 15.6. The molecule has 2 N–H and O–H groups in total. The van der Waals surface area contributed by atoms with Crippen LogP contribution >= 0.6 is 0 Å². The first kappa shape index (κ1) is 18.4. The van der Waals surface area contributed by atoms with Crippen LogP contribution in [0.15, 0.2) is 54.6 Å². The van der Waals surface area contributed by atoms with Gasteiger partial charge in [-0.15, -0.1) is 0 Å². The summed E-state index contributed by atoms with van der Waals surface area (Å²) in [6, 6.07) is 17.1. The van der Waals surface area contributed by atoms with E-state index in [0.717, 1.165) is 17.0 Å². The van der Waals surface area contributed by atoms with Crippen molar-refractivity contribution in [2.45, 2.75) is 20.4 Å². The zero-order valence-electron chi connectivity index (χ0n) is 15.6. The number of carbonyl (C=O) groups is 1. The summed E-state index contributed by atoms with van der Waals surface area (Å²) >= 11 is 0. The Hall–Kier alpha value is -3.41. The lowest BCUT2D eigenvalue weighted by molar-refractivity contribution is 0.0945. The van der Waals surface area contributed by atoms with E-state index in [-0.39, 0.29) is 5.91 Å². The average molecular weight is 362 g/mol. The number of methoxy groups -OCH3 is 1. The van der Waals surface area contributed by atoms with Gasteiger partial charge >= 0.3 is 0 Å². The van der Waals surface area contributed by atoms with Crippen molar-refractivity contribution in [2.75, 3.05) is 12.4 Å². The lowest BCUT2D eigenvalue weighted by Gasteiger charge is -2.10.